The smallest absolute Gasteiger partial charge is 0.420 e. The molecule has 0 spiro atoms. The summed E-state index contributed by atoms with van der Waals surface area (Å²) in [6, 6.07) is 5.45. The van der Waals surface area contributed by atoms with Gasteiger partial charge >= 0.3 is 6.18 Å². The van der Waals surface area contributed by atoms with Gasteiger partial charge in [-0.15, -0.1) is 0 Å². The second kappa shape index (κ2) is 8.44. The lowest BCUT2D eigenvalue weighted by Crippen LogP contribution is -2.48. The van der Waals surface area contributed by atoms with Crippen molar-refractivity contribution >= 4 is 17.2 Å². The molecular weight excluding hydrogens is 435 g/mol. The van der Waals surface area contributed by atoms with Crippen LogP contribution >= 0.6 is 0 Å². The Morgan fingerprint density at radius 3 is 2.61 bits per heavy atom. The Hall–Kier alpha value is -3.52. The number of aliphatic imine (C=N–C) groups is 1. The normalized spacial score (nSPS) is 23.0. The summed E-state index contributed by atoms with van der Waals surface area (Å²) >= 11 is 0. The molecule has 3 aliphatic rings. The number of nitrogens with zero attached hydrogens (tertiary/aromatic N) is 5. The highest BCUT2D eigenvalue weighted by molar-refractivity contribution is 6.13. The van der Waals surface area contributed by atoms with Crippen molar-refractivity contribution in [2.75, 3.05) is 29.5 Å². The SMILES string of the molecule is CC1(N)CCN(c2cccnc2N2C=C(C(F)(F)F)C(C3=CC=C(N)CO3)=NC2C#N)CC1. The molecule has 33 heavy (non-hydrogen) atoms. The monoisotopic (exact) mass is 459 g/mol. The van der Waals surface area contributed by atoms with Gasteiger partial charge in [0.2, 0.25) is 6.17 Å². The fraction of sp³-hybridized carbons (Fsp3) is 0.409. The van der Waals surface area contributed by atoms with E-state index in [0.717, 1.165) is 23.9 Å². The minimum absolute atomic E-state index is 0.0592. The van der Waals surface area contributed by atoms with Crippen LogP contribution in [0.2, 0.25) is 0 Å². The number of nitrogens with two attached hydrogens (primary N) is 2. The number of halogens is 3. The van der Waals surface area contributed by atoms with Gasteiger partial charge < -0.3 is 21.1 Å². The first-order valence-corrected chi connectivity index (χ1v) is 10.4. The fourth-order valence-corrected chi connectivity index (χ4v) is 3.88. The Morgan fingerprint density at radius 2 is 2.00 bits per heavy atom. The number of alkyl halides is 3. The zero-order valence-corrected chi connectivity index (χ0v) is 18.0. The van der Waals surface area contributed by atoms with Crippen LogP contribution in [0.25, 0.3) is 0 Å². The topological polar surface area (TPSA) is 117 Å². The Bertz CT molecular complexity index is 1090. The third kappa shape index (κ3) is 4.66. The molecule has 0 aliphatic carbocycles. The number of hydrogen-bond donors (Lipinski definition) is 2. The lowest BCUT2D eigenvalue weighted by molar-refractivity contribution is -0.0867. The molecule has 4 heterocycles. The summed E-state index contributed by atoms with van der Waals surface area (Å²) in [6.45, 7) is 3.16. The molecule has 0 radical (unpaired) electrons. The van der Waals surface area contributed by atoms with Crippen LogP contribution < -0.4 is 21.3 Å². The minimum Gasteiger partial charge on any atom is -0.485 e. The molecular formula is C22H24F3N7O. The zero-order valence-electron chi connectivity index (χ0n) is 18.0. The summed E-state index contributed by atoms with van der Waals surface area (Å²) in [4.78, 5) is 11.6. The highest BCUT2D eigenvalue weighted by Crippen LogP contribution is 2.38. The molecule has 1 saturated heterocycles. The lowest BCUT2D eigenvalue weighted by Gasteiger charge is -2.40. The van der Waals surface area contributed by atoms with E-state index in [1.54, 1.807) is 12.1 Å². The fourth-order valence-electron chi connectivity index (χ4n) is 3.88. The average Bonchev–Trinajstić information content (AvgIpc) is 2.78. The molecule has 0 bridgehead atoms. The third-order valence-electron chi connectivity index (χ3n) is 5.79. The summed E-state index contributed by atoms with van der Waals surface area (Å²) in [5, 5.41) is 9.78. The number of allylic oxidation sites excluding steroid dienone is 3. The highest BCUT2D eigenvalue weighted by Gasteiger charge is 2.43. The number of rotatable bonds is 3. The summed E-state index contributed by atoms with van der Waals surface area (Å²) in [5.41, 5.74) is 11.1. The van der Waals surface area contributed by atoms with Crippen LogP contribution in [0.15, 0.2) is 58.7 Å². The number of anilines is 2. The van der Waals surface area contributed by atoms with Crippen molar-refractivity contribution < 1.29 is 17.9 Å². The van der Waals surface area contributed by atoms with E-state index >= 15 is 0 Å². The Morgan fingerprint density at radius 1 is 1.27 bits per heavy atom. The van der Waals surface area contributed by atoms with E-state index in [2.05, 4.69) is 9.98 Å². The molecule has 0 amide bonds. The van der Waals surface area contributed by atoms with Gasteiger partial charge in [0, 0.05) is 36.7 Å². The minimum atomic E-state index is -4.74. The van der Waals surface area contributed by atoms with E-state index < -0.39 is 23.6 Å². The van der Waals surface area contributed by atoms with Crippen molar-refractivity contribution in [2.24, 2.45) is 16.5 Å². The molecule has 8 nitrogen and oxygen atoms in total. The van der Waals surface area contributed by atoms with Crippen LogP contribution in [0.4, 0.5) is 24.7 Å². The highest BCUT2D eigenvalue weighted by atomic mass is 19.4. The van der Waals surface area contributed by atoms with Gasteiger partial charge in [-0.2, -0.15) is 18.4 Å². The Labute approximate surface area is 189 Å². The van der Waals surface area contributed by atoms with Gasteiger partial charge in [0.25, 0.3) is 0 Å². The molecule has 3 aliphatic heterocycles. The van der Waals surface area contributed by atoms with E-state index in [0.29, 0.717) is 24.5 Å². The molecule has 1 unspecified atom stereocenters. The first-order valence-electron chi connectivity index (χ1n) is 10.4. The molecule has 0 saturated carbocycles. The van der Waals surface area contributed by atoms with Gasteiger partial charge in [-0.3, -0.25) is 4.90 Å². The predicted octanol–water partition coefficient (Wildman–Crippen LogP) is 2.71. The first kappa shape index (κ1) is 22.7. The van der Waals surface area contributed by atoms with Crippen molar-refractivity contribution in [1.82, 2.24) is 4.98 Å². The summed E-state index contributed by atoms with van der Waals surface area (Å²) in [7, 11) is 0. The van der Waals surface area contributed by atoms with Gasteiger partial charge in [-0.05, 0) is 44.1 Å². The molecule has 4 N–H and O–H groups in total. The zero-order chi connectivity index (χ0) is 23.8. The second-order valence-corrected chi connectivity index (χ2v) is 8.48. The molecule has 0 aromatic carbocycles. The maximum atomic E-state index is 14.1. The summed E-state index contributed by atoms with van der Waals surface area (Å²) in [5.74, 6) is 0.129. The predicted molar refractivity (Wildman–Crippen MR) is 118 cm³/mol. The number of hydrogen-bond acceptors (Lipinski definition) is 8. The van der Waals surface area contributed by atoms with Crippen molar-refractivity contribution in [1.29, 1.82) is 5.26 Å². The van der Waals surface area contributed by atoms with E-state index in [9.17, 15) is 18.4 Å². The molecule has 1 atom stereocenters. The molecule has 4 rings (SSSR count). The third-order valence-corrected chi connectivity index (χ3v) is 5.79. The molecule has 1 fully saturated rings. The number of pyridine rings is 1. The first-order chi connectivity index (χ1) is 15.6. The number of piperidine rings is 1. The van der Waals surface area contributed by atoms with Crippen LogP contribution in [0, 0.1) is 11.3 Å². The number of aromatic nitrogens is 1. The Kier molecular flexibility index (Phi) is 5.80. The van der Waals surface area contributed by atoms with E-state index in [1.165, 1.54) is 18.3 Å². The van der Waals surface area contributed by atoms with Gasteiger partial charge in [0.15, 0.2) is 5.82 Å². The molecule has 174 valence electrons. The van der Waals surface area contributed by atoms with Crippen molar-refractivity contribution in [3.8, 4) is 6.07 Å². The Balaban J connectivity index is 1.75. The van der Waals surface area contributed by atoms with Crippen molar-refractivity contribution in [3.63, 3.8) is 0 Å². The van der Waals surface area contributed by atoms with Crippen LogP contribution in [-0.4, -0.2) is 48.3 Å². The van der Waals surface area contributed by atoms with E-state index in [1.807, 2.05) is 17.9 Å². The van der Waals surface area contributed by atoms with Crippen LogP contribution in [-0.2, 0) is 4.74 Å². The van der Waals surface area contributed by atoms with Crippen LogP contribution in [0.3, 0.4) is 0 Å². The number of nitriles is 1. The van der Waals surface area contributed by atoms with Crippen LogP contribution in [0.1, 0.15) is 19.8 Å². The van der Waals surface area contributed by atoms with Crippen molar-refractivity contribution in [2.45, 2.75) is 37.6 Å². The standard InChI is InChI=1S/C22H24F3N7O/c1-21(28)6-9-31(10-7-21)16-3-2-8-29-20(16)32-12-15(22(23,24)25)19(30-18(32)11-26)17-5-4-14(27)13-33-17/h2-5,8,12,18H,6-7,9-10,13,27-28H2,1H3. The maximum Gasteiger partial charge on any atom is 0.420 e. The average molecular weight is 459 g/mol. The molecule has 11 heteroatoms. The number of ether oxygens (including phenoxy) is 1. The summed E-state index contributed by atoms with van der Waals surface area (Å²) < 4.78 is 47.5. The molecule has 1 aromatic heterocycles. The van der Waals surface area contributed by atoms with Gasteiger partial charge in [0.05, 0.1) is 5.69 Å². The van der Waals surface area contributed by atoms with E-state index in [-0.39, 0.29) is 23.7 Å². The van der Waals surface area contributed by atoms with E-state index in [4.69, 9.17) is 16.2 Å². The van der Waals surface area contributed by atoms with Crippen LogP contribution in [0.5, 0.6) is 0 Å². The van der Waals surface area contributed by atoms with Gasteiger partial charge in [-0.25, -0.2) is 9.98 Å². The maximum absolute atomic E-state index is 14.1. The van der Waals surface area contributed by atoms with Gasteiger partial charge in [0.1, 0.15) is 29.7 Å². The summed E-state index contributed by atoms with van der Waals surface area (Å²) in [6.07, 6.45) is 0.573. The molecule has 1 aromatic rings. The lowest BCUT2D eigenvalue weighted by atomic mass is 9.91. The van der Waals surface area contributed by atoms with Gasteiger partial charge in [-0.1, -0.05) is 0 Å². The van der Waals surface area contributed by atoms with Crippen molar-refractivity contribution in [3.05, 3.63) is 53.7 Å². The largest absolute Gasteiger partial charge is 0.485 e. The quantitative estimate of drug-likeness (QED) is 0.714. The second-order valence-electron chi connectivity index (χ2n) is 8.48.